The number of ether oxygens (including phenoxy) is 1. The van der Waals surface area contributed by atoms with Crippen LogP contribution >= 0.6 is 11.6 Å². The van der Waals surface area contributed by atoms with Crippen LogP contribution in [-0.4, -0.2) is 33.4 Å². The predicted molar refractivity (Wildman–Crippen MR) is 101 cm³/mol. The van der Waals surface area contributed by atoms with Crippen molar-refractivity contribution in [2.75, 3.05) is 17.9 Å². The second-order valence-electron chi connectivity index (χ2n) is 5.16. The first-order valence-corrected chi connectivity index (χ1v) is 9.44. The van der Waals surface area contributed by atoms with Gasteiger partial charge in [-0.2, -0.15) is 0 Å². The molecule has 2 aromatic carbocycles. The molecule has 27 heavy (non-hydrogen) atoms. The first-order chi connectivity index (χ1) is 12.8. The van der Waals surface area contributed by atoms with Crippen LogP contribution in [0.1, 0.15) is 10.4 Å². The highest BCUT2D eigenvalue weighted by Gasteiger charge is 2.20. The van der Waals surface area contributed by atoms with Crippen molar-refractivity contribution in [2.45, 2.75) is 4.90 Å². The smallest absolute Gasteiger partial charge is 0.340 e. The molecule has 2 aromatic rings. The van der Waals surface area contributed by atoms with Gasteiger partial charge in [0, 0.05) is 5.02 Å². The van der Waals surface area contributed by atoms with E-state index in [0.717, 1.165) is 0 Å². The molecule has 0 bridgehead atoms. The monoisotopic (exact) mass is 406 g/mol. The molecule has 0 radical (unpaired) electrons. The highest BCUT2D eigenvalue weighted by Crippen LogP contribution is 2.22. The number of hydrogen-bond acceptors (Lipinski definition) is 5. The van der Waals surface area contributed by atoms with E-state index in [1.165, 1.54) is 42.5 Å². The molecule has 0 aliphatic heterocycles. The van der Waals surface area contributed by atoms with Gasteiger partial charge in [0.15, 0.2) is 6.61 Å². The van der Waals surface area contributed by atoms with Crippen molar-refractivity contribution < 1.29 is 22.7 Å². The van der Waals surface area contributed by atoms with Crippen LogP contribution in [0.4, 0.5) is 5.69 Å². The Bertz CT molecular complexity index is 982. The third kappa shape index (κ3) is 5.74. The van der Waals surface area contributed by atoms with Crippen molar-refractivity contribution in [1.29, 1.82) is 0 Å². The van der Waals surface area contributed by atoms with Gasteiger partial charge in [-0.05, 0) is 36.4 Å². The van der Waals surface area contributed by atoms with Gasteiger partial charge in [0.05, 0.1) is 22.7 Å². The molecule has 0 aromatic heterocycles. The molecule has 0 heterocycles. The highest BCUT2D eigenvalue weighted by molar-refractivity contribution is 7.92. The van der Waals surface area contributed by atoms with E-state index in [2.05, 4.69) is 16.0 Å². The Hall–Kier alpha value is -3.02. The lowest BCUT2D eigenvalue weighted by molar-refractivity contribution is -0.123. The number of nitrogens with one attached hydrogen (secondary N) is 2. The summed E-state index contributed by atoms with van der Waals surface area (Å²) in [6.07, 6.45) is 5.01. The van der Waals surface area contributed by atoms with Gasteiger partial charge in [0.2, 0.25) is 0 Å². The number of anilines is 1. The maximum atomic E-state index is 12.5. The third-order valence-electron chi connectivity index (χ3n) is 3.24. The van der Waals surface area contributed by atoms with Crippen molar-refractivity contribution in [3.05, 3.63) is 59.1 Å². The molecule has 0 fully saturated rings. The lowest BCUT2D eigenvalue weighted by Gasteiger charge is -2.12. The molecule has 0 aliphatic rings. The van der Waals surface area contributed by atoms with Gasteiger partial charge in [0.25, 0.3) is 15.9 Å². The van der Waals surface area contributed by atoms with Crippen LogP contribution < -0.4 is 10.0 Å². The SMILES string of the molecule is C#CCNC(=O)COC(=O)c1ccccc1NS(=O)(=O)c1ccc(Cl)cc1. The van der Waals surface area contributed by atoms with E-state index in [9.17, 15) is 18.0 Å². The highest BCUT2D eigenvalue weighted by atomic mass is 35.5. The fraction of sp³-hybridized carbons (Fsp3) is 0.111. The molecule has 0 atom stereocenters. The number of terminal acetylenes is 1. The number of halogens is 1. The molecule has 0 spiro atoms. The number of carbonyl (C=O) groups excluding carboxylic acids is 2. The topological polar surface area (TPSA) is 102 Å². The van der Waals surface area contributed by atoms with Crippen LogP contribution in [0.3, 0.4) is 0 Å². The Morgan fingerprint density at radius 3 is 2.44 bits per heavy atom. The standard InChI is InChI=1S/C18H15ClN2O5S/c1-2-11-20-17(22)12-26-18(23)15-5-3-4-6-16(15)21-27(24,25)14-9-7-13(19)8-10-14/h1,3-10,21H,11-12H2,(H,20,22). The second kappa shape index (κ2) is 9.07. The van der Waals surface area contributed by atoms with Crippen molar-refractivity contribution >= 4 is 39.2 Å². The van der Waals surface area contributed by atoms with Crippen LogP contribution in [0.25, 0.3) is 0 Å². The van der Waals surface area contributed by atoms with E-state index in [1.807, 2.05) is 0 Å². The number of para-hydroxylation sites is 1. The van der Waals surface area contributed by atoms with Crippen LogP contribution in [0.2, 0.25) is 5.02 Å². The third-order valence-corrected chi connectivity index (χ3v) is 4.87. The molecule has 1 amide bonds. The summed E-state index contributed by atoms with van der Waals surface area (Å²) in [5.74, 6) is 0.785. The number of esters is 1. The Balaban J connectivity index is 2.15. The van der Waals surface area contributed by atoms with E-state index in [1.54, 1.807) is 6.07 Å². The molecule has 0 unspecified atom stereocenters. The minimum absolute atomic E-state index is 0.00780. The molecule has 9 heteroatoms. The summed E-state index contributed by atoms with van der Waals surface area (Å²) < 4.78 is 32.2. The van der Waals surface area contributed by atoms with Crippen molar-refractivity contribution in [3.8, 4) is 12.3 Å². The number of sulfonamides is 1. The first-order valence-electron chi connectivity index (χ1n) is 7.58. The van der Waals surface area contributed by atoms with E-state index < -0.39 is 28.5 Å². The van der Waals surface area contributed by atoms with Crippen LogP contribution in [0.15, 0.2) is 53.4 Å². The molecule has 2 rings (SSSR count). The fourth-order valence-corrected chi connectivity index (χ4v) is 3.18. The number of rotatable bonds is 7. The quantitative estimate of drug-likeness (QED) is 0.541. The Kier molecular flexibility index (Phi) is 6.82. The van der Waals surface area contributed by atoms with Crippen molar-refractivity contribution in [2.24, 2.45) is 0 Å². The average molecular weight is 407 g/mol. The van der Waals surface area contributed by atoms with Gasteiger partial charge < -0.3 is 10.1 Å². The molecule has 0 saturated heterocycles. The Morgan fingerprint density at radius 1 is 1.11 bits per heavy atom. The minimum Gasteiger partial charge on any atom is -0.452 e. The summed E-state index contributed by atoms with van der Waals surface area (Å²) in [6, 6.07) is 11.4. The summed E-state index contributed by atoms with van der Waals surface area (Å²) in [5, 5.41) is 2.73. The van der Waals surface area contributed by atoms with Gasteiger partial charge >= 0.3 is 5.97 Å². The van der Waals surface area contributed by atoms with Crippen molar-refractivity contribution in [3.63, 3.8) is 0 Å². The summed E-state index contributed by atoms with van der Waals surface area (Å²) in [5.41, 5.74) is -0.0266. The van der Waals surface area contributed by atoms with Crippen LogP contribution in [0.5, 0.6) is 0 Å². The second-order valence-corrected chi connectivity index (χ2v) is 7.28. The van der Waals surface area contributed by atoms with Crippen molar-refractivity contribution in [1.82, 2.24) is 5.32 Å². The first kappa shape index (κ1) is 20.3. The minimum atomic E-state index is -3.95. The molecular weight excluding hydrogens is 392 g/mol. The number of hydrogen-bond donors (Lipinski definition) is 2. The zero-order chi connectivity index (χ0) is 19.9. The lowest BCUT2D eigenvalue weighted by atomic mass is 10.2. The van der Waals surface area contributed by atoms with Gasteiger partial charge in [0.1, 0.15) is 0 Å². The van der Waals surface area contributed by atoms with E-state index >= 15 is 0 Å². The van der Waals surface area contributed by atoms with E-state index in [-0.39, 0.29) is 22.7 Å². The number of benzene rings is 2. The summed E-state index contributed by atoms with van der Waals surface area (Å²) in [7, 11) is -3.95. The zero-order valence-electron chi connectivity index (χ0n) is 13.9. The Morgan fingerprint density at radius 2 is 1.78 bits per heavy atom. The van der Waals surface area contributed by atoms with E-state index in [4.69, 9.17) is 22.8 Å². The molecule has 140 valence electrons. The van der Waals surface area contributed by atoms with Gasteiger partial charge in [-0.25, -0.2) is 13.2 Å². The molecule has 0 aliphatic carbocycles. The zero-order valence-corrected chi connectivity index (χ0v) is 15.5. The van der Waals surface area contributed by atoms with Crippen LogP contribution in [-0.2, 0) is 19.6 Å². The van der Waals surface area contributed by atoms with E-state index in [0.29, 0.717) is 5.02 Å². The maximum Gasteiger partial charge on any atom is 0.340 e. The molecule has 2 N–H and O–H groups in total. The number of amides is 1. The molecule has 0 saturated carbocycles. The predicted octanol–water partition coefficient (Wildman–Crippen LogP) is 2.05. The maximum absolute atomic E-state index is 12.5. The molecular formula is C18H15ClN2O5S. The Labute approximate surface area is 161 Å². The summed E-state index contributed by atoms with van der Waals surface area (Å²) >= 11 is 5.76. The van der Waals surface area contributed by atoms with Gasteiger partial charge in [-0.3, -0.25) is 9.52 Å². The fourth-order valence-electron chi connectivity index (χ4n) is 1.98. The molecule has 7 nitrogen and oxygen atoms in total. The largest absolute Gasteiger partial charge is 0.452 e. The normalized spacial score (nSPS) is 10.5. The summed E-state index contributed by atoms with van der Waals surface area (Å²) in [6.45, 7) is -0.535. The number of carbonyl (C=O) groups is 2. The van der Waals surface area contributed by atoms with Gasteiger partial charge in [-0.1, -0.05) is 29.7 Å². The lowest BCUT2D eigenvalue weighted by Crippen LogP contribution is -2.29. The average Bonchev–Trinajstić information content (AvgIpc) is 2.65. The van der Waals surface area contributed by atoms with Crippen LogP contribution in [0, 0.1) is 12.3 Å². The summed E-state index contributed by atoms with van der Waals surface area (Å²) in [4.78, 5) is 23.6. The van der Waals surface area contributed by atoms with Gasteiger partial charge in [-0.15, -0.1) is 6.42 Å².